The number of benzene rings is 4. The standard InChI is InChI=1S/C29H26N2O/c1-3-19-31-27-12-8-7-11-25(27)26-20-22(13-18-28(26)31)29(21-9-5-4-6-10-21)30-23-14-16-24(32-2)17-15-23/h4-18,20H,3,19H2,1-2H3. The van der Waals surface area contributed by atoms with Gasteiger partial charge >= 0.3 is 0 Å². The van der Waals surface area contributed by atoms with Gasteiger partial charge in [-0.05, 0) is 48.9 Å². The van der Waals surface area contributed by atoms with Crippen LogP contribution in [0.25, 0.3) is 21.8 Å². The van der Waals surface area contributed by atoms with Crippen molar-refractivity contribution >= 4 is 33.2 Å². The van der Waals surface area contributed by atoms with Gasteiger partial charge in [0.15, 0.2) is 0 Å². The van der Waals surface area contributed by atoms with Crippen LogP contribution < -0.4 is 4.74 Å². The molecule has 0 fully saturated rings. The second kappa shape index (κ2) is 8.72. The number of aliphatic imine (C=N–C) groups is 1. The Morgan fingerprint density at radius 1 is 0.750 bits per heavy atom. The minimum atomic E-state index is 0.829. The van der Waals surface area contributed by atoms with Crippen molar-refractivity contribution in [1.82, 2.24) is 4.57 Å². The van der Waals surface area contributed by atoms with E-state index in [2.05, 4.69) is 78.2 Å². The molecule has 0 aliphatic heterocycles. The van der Waals surface area contributed by atoms with Crippen molar-refractivity contribution in [2.45, 2.75) is 19.9 Å². The molecule has 0 spiro atoms. The lowest BCUT2D eigenvalue weighted by Crippen LogP contribution is -2.03. The average molecular weight is 419 g/mol. The molecule has 1 heterocycles. The predicted octanol–water partition coefficient (Wildman–Crippen LogP) is 7.38. The van der Waals surface area contributed by atoms with E-state index >= 15 is 0 Å². The molecule has 0 saturated heterocycles. The summed E-state index contributed by atoms with van der Waals surface area (Å²) in [4.78, 5) is 5.06. The molecule has 0 atom stereocenters. The van der Waals surface area contributed by atoms with Crippen LogP contribution in [0.15, 0.2) is 102 Å². The van der Waals surface area contributed by atoms with Crippen molar-refractivity contribution < 1.29 is 4.74 Å². The second-order valence-corrected chi connectivity index (χ2v) is 7.93. The molecule has 0 unspecified atom stereocenters. The maximum Gasteiger partial charge on any atom is 0.119 e. The van der Waals surface area contributed by atoms with E-state index in [0.717, 1.165) is 41.2 Å². The van der Waals surface area contributed by atoms with Crippen LogP contribution >= 0.6 is 0 Å². The maximum atomic E-state index is 5.30. The number of methoxy groups -OCH3 is 1. The highest BCUT2D eigenvalue weighted by atomic mass is 16.5. The lowest BCUT2D eigenvalue weighted by Gasteiger charge is -2.10. The number of hydrogen-bond acceptors (Lipinski definition) is 2. The number of para-hydroxylation sites is 1. The molecule has 0 saturated carbocycles. The van der Waals surface area contributed by atoms with Gasteiger partial charge in [0.05, 0.1) is 18.5 Å². The molecule has 0 bridgehead atoms. The van der Waals surface area contributed by atoms with Crippen molar-refractivity contribution in [2.75, 3.05) is 7.11 Å². The van der Waals surface area contributed by atoms with E-state index in [1.165, 1.54) is 21.8 Å². The Labute approximate surface area is 188 Å². The van der Waals surface area contributed by atoms with E-state index in [9.17, 15) is 0 Å². The minimum absolute atomic E-state index is 0.829. The van der Waals surface area contributed by atoms with E-state index in [1.807, 2.05) is 30.3 Å². The zero-order valence-corrected chi connectivity index (χ0v) is 18.5. The van der Waals surface area contributed by atoms with Gasteiger partial charge in [0, 0.05) is 39.5 Å². The van der Waals surface area contributed by atoms with E-state index < -0.39 is 0 Å². The summed E-state index contributed by atoms with van der Waals surface area (Å²) in [6.07, 6.45) is 1.10. The van der Waals surface area contributed by atoms with Gasteiger partial charge in [-0.25, -0.2) is 4.99 Å². The molecule has 0 radical (unpaired) electrons. The number of rotatable bonds is 6. The highest BCUT2D eigenvalue weighted by molar-refractivity contribution is 6.17. The summed E-state index contributed by atoms with van der Waals surface area (Å²) < 4.78 is 7.73. The van der Waals surface area contributed by atoms with E-state index in [4.69, 9.17) is 9.73 Å². The normalized spacial score (nSPS) is 11.9. The number of nitrogens with zero attached hydrogens (tertiary/aromatic N) is 2. The van der Waals surface area contributed by atoms with Crippen molar-refractivity contribution in [3.63, 3.8) is 0 Å². The molecule has 0 N–H and O–H groups in total. The van der Waals surface area contributed by atoms with Crippen molar-refractivity contribution in [1.29, 1.82) is 0 Å². The number of aromatic nitrogens is 1. The van der Waals surface area contributed by atoms with Crippen LogP contribution in [0.1, 0.15) is 24.5 Å². The Morgan fingerprint density at radius 3 is 2.22 bits per heavy atom. The van der Waals surface area contributed by atoms with Gasteiger partial charge in [0.1, 0.15) is 5.75 Å². The van der Waals surface area contributed by atoms with Gasteiger partial charge in [-0.1, -0.05) is 61.5 Å². The first-order valence-electron chi connectivity index (χ1n) is 11.1. The fourth-order valence-corrected chi connectivity index (χ4v) is 4.34. The van der Waals surface area contributed by atoms with Crippen LogP contribution in [0.3, 0.4) is 0 Å². The summed E-state index contributed by atoms with van der Waals surface area (Å²) in [5.41, 5.74) is 6.63. The van der Waals surface area contributed by atoms with Gasteiger partial charge in [0.25, 0.3) is 0 Å². The largest absolute Gasteiger partial charge is 0.497 e. The number of hydrogen-bond donors (Lipinski definition) is 0. The van der Waals surface area contributed by atoms with Crippen molar-refractivity contribution in [3.8, 4) is 5.75 Å². The van der Waals surface area contributed by atoms with Crippen LogP contribution in [-0.2, 0) is 6.54 Å². The molecule has 3 heteroatoms. The number of fused-ring (bicyclic) bond motifs is 3. The smallest absolute Gasteiger partial charge is 0.119 e. The van der Waals surface area contributed by atoms with Gasteiger partial charge < -0.3 is 9.30 Å². The zero-order chi connectivity index (χ0) is 21.9. The van der Waals surface area contributed by atoms with Gasteiger partial charge in [-0.2, -0.15) is 0 Å². The zero-order valence-electron chi connectivity index (χ0n) is 18.5. The Balaban J connectivity index is 1.71. The van der Waals surface area contributed by atoms with E-state index in [1.54, 1.807) is 7.11 Å². The second-order valence-electron chi connectivity index (χ2n) is 7.93. The van der Waals surface area contributed by atoms with Gasteiger partial charge in [0.2, 0.25) is 0 Å². The SMILES string of the molecule is CCCn1c2ccccc2c2cc(C(=Nc3ccc(OC)cc3)c3ccccc3)ccc21. The first-order chi connectivity index (χ1) is 15.8. The van der Waals surface area contributed by atoms with Crippen LogP contribution in [0.4, 0.5) is 5.69 Å². The summed E-state index contributed by atoms with van der Waals surface area (Å²) in [6.45, 7) is 3.23. The summed E-state index contributed by atoms with van der Waals surface area (Å²) in [7, 11) is 1.68. The van der Waals surface area contributed by atoms with Gasteiger partial charge in [-0.3, -0.25) is 0 Å². The maximum absolute atomic E-state index is 5.30. The highest BCUT2D eigenvalue weighted by Crippen LogP contribution is 2.31. The molecule has 3 nitrogen and oxygen atoms in total. The summed E-state index contributed by atoms with van der Waals surface area (Å²) in [5, 5.41) is 2.56. The monoisotopic (exact) mass is 418 g/mol. The van der Waals surface area contributed by atoms with Gasteiger partial charge in [-0.15, -0.1) is 0 Å². The molecule has 5 rings (SSSR count). The van der Waals surface area contributed by atoms with E-state index in [-0.39, 0.29) is 0 Å². The molecule has 1 aromatic heterocycles. The molecule has 4 aromatic carbocycles. The highest BCUT2D eigenvalue weighted by Gasteiger charge is 2.14. The molecule has 0 aliphatic carbocycles. The molecule has 32 heavy (non-hydrogen) atoms. The average Bonchev–Trinajstić information content (AvgIpc) is 3.17. The number of ether oxygens (including phenoxy) is 1. The quantitative estimate of drug-likeness (QED) is 0.264. The molecule has 5 aromatic rings. The Hall–Kier alpha value is -3.85. The molecular weight excluding hydrogens is 392 g/mol. The third-order valence-corrected chi connectivity index (χ3v) is 5.85. The molecule has 158 valence electrons. The third-order valence-electron chi connectivity index (χ3n) is 5.85. The topological polar surface area (TPSA) is 26.5 Å². The van der Waals surface area contributed by atoms with Crippen molar-refractivity contribution in [2.24, 2.45) is 4.99 Å². The lowest BCUT2D eigenvalue weighted by atomic mass is 10.00. The Bertz CT molecular complexity index is 1400. The molecule has 0 aliphatic rings. The van der Waals surface area contributed by atoms with E-state index in [0.29, 0.717) is 0 Å². The van der Waals surface area contributed by atoms with Crippen LogP contribution in [0, 0.1) is 0 Å². The summed E-state index contributed by atoms with van der Waals surface area (Å²) in [5.74, 6) is 0.829. The fourth-order valence-electron chi connectivity index (χ4n) is 4.34. The Morgan fingerprint density at radius 2 is 1.47 bits per heavy atom. The minimum Gasteiger partial charge on any atom is -0.497 e. The Kier molecular flexibility index (Phi) is 5.47. The van der Waals surface area contributed by atoms with Crippen LogP contribution in [0.5, 0.6) is 5.75 Å². The third kappa shape index (κ3) is 3.67. The van der Waals surface area contributed by atoms with Crippen LogP contribution in [-0.4, -0.2) is 17.4 Å². The summed E-state index contributed by atoms with van der Waals surface area (Å²) >= 11 is 0. The van der Waals surface area contributed by atoms with Crippen LogP contribution in [0.2, 0.25) is 0 Å². The van der Waals surface area contributed by atoms with Crippen molar-refractivity contribution in [3.05, 3.63) is 108 Å². The molecule has 0 amide bonds. The summed E-state index contributed by atoms with van der Waals surface area (Å²) in [6, 6.07) is 33.7. The first kappa shape index (κ1) is 20.1. The first-order valence-corrected chi connectivity index (χ1v) is 11.1. The fraction of sp³-hybridized carbons (Fsp3) is 0.138. The number of aryl methyl sites for hydroxylation is 1. The lowest BCUT2D eigenvalue weighted by molar-refractivity contribution is 0.415. The molecular formula is C29H26N2O. The predicted molar refractivity (Wildman–Crippen MR) is 134 cm³/mol.